The zero-order valence-corrected chi connectivity index (χ0v) is 16.4. The Morgan fingerprint density at radius 1 is 1.24 bits per heavy atom. The summed E-state index contributed by atoms with van der Waals surface area (Å²) >= 11 is 0. The molecule has 29 heavy (non-hydrogen) atoms. The van der Waals surface area contributed by atoms with E-state index >= 15 is 0 Å². The number of hydrogen-bond acceptors (Lipinski definition) is 6. The molecule has 4 N–H and O–H groups in total. The van der Waals surface area contributed by atoms with E-state index in [1.165, 1.54) is 18.6 Å². The molecule has 0 spiro atoms. The first-order chi connectivity index (χ1) is 13.8. The maximum absolute atomic E-state index is 13.2. The van der Waals surface area contributed by atoms with Gasteiger partial charge < -0.3 is 20.7 Å². The van der Waals surface area contributed by atoms with Gasteiger partial charge in [-0.2, -0.15) is 0 Å². The third kappa shape index (κ3) is 4.80. The standard InChI is InChI=1S/C20H25BN4O4/c1-13(2)10-17(21(28)29)24-19(27)20(11-15(20)14-6-4-3-5-7-14)25-18(26)16-12-22-8-9-23-16/h3-9,12-13,15,17,28-29H,10-11H2,1-2H3,(H,24,27)(H,25,26)/t15-,17+,20?/m1/s1. The summed E-state index contributed by atoms with van der Waals surface area (Å²) < 4.78 is 0. The Morgan fingerprint density at radius 2 is 1.97 bits per heavy atom. The number of hydrogen-bond donors (Lipinski definition) is 4. The molecule has 1 saturated carbocycles. The molecule has 1 fully saturated rings. The molecular formula is C20H25BN4O4. The van der Waals surface area contributed by atoms with Crippen molar-refractivity contribution in [2.75, 3.05) is 0 Å². The lowest BCUT2D eigenvalue weighted by Crippen LogP contribution is -2.56. The van der Waals surface area contributed by atoms with Crippen molar-refractivity contribution in [1.29, 1.82) is 0 Å². The van der Waals surface area contributed by atoms with Crippen LogP contribution in [0, 0.1) is 5.92 Å². The van der Waals surface area contributed by atoms with E-state index in [1.54, 1.807) is 0 Å². The number of amides is 2. The Kier molecular flexibility index (Phi) is 6.29. The van der Waals surface area contributed by atoms with Crippen LogP contribution in [0.3, 0.4) is 0 Å². The second-order valence-corrected chi connectivity index (χ2v) is 7.81. The molecule has 1 aromatic carbocycles. The highest BCUT2D eigenvalue weighted by Gasteiger charge is 2.62. The van der Waals surface area contributed by atoms with Crippen LogP contribution in [-0.2, 0) is 4.79 Å². The average Bonchev–Trinajstić information content (AvgIpc) is 3.43. The van der Waals surface area contributed by atoms with Crippen molar-refractivity contribution in [3.63, 3.8) is 0 Å². The summed E-state index contributed by atoms with van der Waals surface area (Å²) in [5, 5.41) is 24.9. The highest BCUT2D eigenvalue weighted by molar-refractivity contribution is 6.43. The van der Waals surface area contributed by atoms with Crippen molar-refractivity contribution in [2.24, 2.45) is 5.92 Å². The Labute approximate surface area is 169 Å². The Balaban J connectivity index is 1.84. The highest BCUT2D eigenvalue weighted by atomic mass is 16.4. The molecule has 0 aliphatic heterocycles. The molecule has 3 rings (SSSR count). The molecule has 3 atom stereocenters. The monoisotopic (exact) mass is 396 g/mol. The first-order valence-electron chi connectivity index (χ1n) is 9.64. The zero-order chi connectivity index (χ0) is 21.0. The van der Waals surface area contributed by atoms with Crippen molar-refractivity contribution in [3.8, 4) is 0 Å². The van der Waals surface area contributed by atoms with Crippen molar-refractivity contribution >= 4 is 18.9 Å². The summed E-state index contributed by atoms with van der Waals surface area (Å²) in [5.74, 6) is -1.85. The van der Waals surface area contributed by atoms with Crippen LogP contribution in [0.1, 0.15) is 48.7 Å². The number of benzene rings is 1. The topological polar surface area (TPSA) is 124 Å². The molecule has 0 saturated heterocycles. The van der Waals surface area contributed by atoms with Crippen molar-refractivity contribution in [3.05, 3.63) is 60.2 Å². The zero-order valence-electron chi connectivity index (χ0n) is 16.4. The van der Waals surface area contributed by atoms with Crippen LogP contribution in [-0.4, -0.2) is 50.4 Å². The van der Waals surface area contributed by atoms with E-state index in [9.17, 15) is 19.6 Å². The highest BCUT2D eigenvalue weighted by Crippen LogP contribution is 2.51. The minimum absolute atomic E-state index is 0.110. The normalized spacial score (nSPS) is 21.3. The quantitative estimate of drug-likeness (QED) is 0.487. The van der Waals surface area contributed by atoms with Gasteiger partial charge in [-0.3, -0.25) is 14.6 Å². The van der Waals surface area contributed by atoms with Crippen LogP contribution < -0.4 is 10.6 Å². The molecule has 8 nitrogen and oxygen atoms in total. The fourth-order valence-electron chi connectivity index (χ4n) is 3.54. The van der Waals surface area contributed by atoms with E-state index in [0.29, 0.717) is 12.8 Å². The Morgan fingerprint density at radius 3 is 2.55 bits per heavy atom. The molecule has 152 valence electrons. The van der Waals surface area contributed by atoms with Gasteiger partial charge in [0.05, 0.1) is 12.1 Å². The molecule has 0 radical (unpaired) electrons. The Hall–Kier alpha value is -2.78. The maximum Gasteiger partial charge on any atom is 0.475 e. The van der Waals surface area contributed by atoms with Crippen LogP contribution in [0.25, 0.3) is 0 Å². The minimum atomic E-state index is -1.69. The van der Waals surface area contributed by atoms with E-state index in [0.717, 1.165) is 5.56 Å². The number of rotatable bonds is 8. The van der Waals surface area contributed by atoms with E-state index in [-0.39, 0.29) is 17.5 Å². The molecule has 1 aromatic heterocycles. The van der Waals surface area contributed by atoms with Gasteiger partial charge in [-0.15, -0.1) is 0 Å². The van der Waals surface area contributed by atoms with E-state index in [2.05, 4.69) is 20.6 Å². The van der Waals surface area contributed by atoms with Gasteiger partial charge in [-0.1, -0.05) is 44.2 Å². The number of carbonyl (C=O) groups excluding carboxylic acids is 2. The van der Waals surface area contributed by atoms with Gasteiger partial charge in [0.2, 0.25) is 5.91 Å². The maximum atomic E-state index is 13.2. The van der Waals surface area contributed by atoms with Gasteiger partial charge in [-0.25, -0.2) is 4.98 Å². The van der Waals surface area contributed by atoms with Crippen molar-refractivity contribution < 1.29 is 19.6 Å². The second-order valence-electron chi connectivity index (χ2n) is 7.81. The SMILES string of the molecule is CC(C)C[C@H](NC(=O)C1(NC(=O)c2cnccn2)C[C@@H]1c1ccccc1)B(O)O. The molecule has 0 bridgehead atoms. The first kappa shape index (κ1) is 20.9. The van der Waals surface area contributed by atoms with Crippen molar-refractivity contribution in [2.45, 2.75) is 44.1 Å². The molecular weight excluding hydrogens is 371 g/mol. The summed E-state index contributed by atoms with van der Waals surface area (Å²) in [6.07, 6.45) is 5.00. The number of nitrogens with zero attached hydrogens (tertiary/aromatic N) is 2. The largest absolute Gasteiger partial charge is 0.475 e. The fourth-order valence-corrected chi connectivity index (χ4v) is 3.54. The molecule has 2 amide bonds. The van der Waals surface area contributed by atoms with Gasteiger partial charge in [0.1, 0.15) is 11.2 Å². The minimum Gasteiger partial charge on any atom is -0.426 e. The van der Waals surface area contributed by atoms with E-state index in [4.69, 9.17) is 0 Å². The number of carbonyl (C=O) groups is 2. The summed E-state index contributed by atoms with van der Waals surface area (Å²) in [4.78, 5) is 33.8. The van der Waals surface area contributed by atoms with Gasteiger partial charge >= 0.3 is 7.12 Å². The third-order valence-corrected chi connectivity index (χ3v) is 5.10. The van der Waals surface area contributed by atoms with Crippen LogP contribution in [0.4, 0.5) is 0 Å². The lowest BCUT2D eigenvalue weighted by atomic mass is 9.75. The van der Waals surface area contributed by atoms with Crippen LogP contribution in [0.15, 0.2) is 48.9 Å². The average molecular weight is 396 g/mol. The van der Waals surface area contributed by atoms with Crippen LogP contribution >= 0.6 is 0 Å². The van der Waals surface area contributed by atoms with E-state index in [1.807, 2.05) is 44.2 Å². The van der Waals surface area contributed by atoms with Crippen LogP contribution in [0.2, 0.25) is 0 Å². The molecule has 1 unspecified atom stereocenters. The van der Waals surface area contributed by atoms with Crippen molar-refractivity contribution in [1.82, 2.24) is 20.6 Å². The smallest absolute Gasteiger partial charge is 0.426 e. The summed E-state index contributed by atoms with van der Waals surface area (Å²) in [5.41, 5.74) is -0.147. The molecule has 1 aliphatic carbocycles. The third-order valence-electron chi connectivity index (χ3n) is 5.10. The summed E-state index contributed by atoms with van der Waals surface area (Å²) in [6, 6.07) is 9.44. The van der Waals surface area contributed by atoms with Gasteiger partial charge in [0, 0.05) is 18.3 Å². The fraction of sp³-hybridized carbons (Fsp3) is 0.400. The first-order valence-corrected chi connectivity index (χ1v) is 9.64. The van der Waals surface area contributed by atoms with Gasteiger partial charge in [0.25, 0.3) is 5.91 Å². The summed E-state index contributed by atoms with van der Waals surface area (Å²) in [7, 11) is -1.69. The second kappa shape index (κ2) is 8.71. The molecule has 9 heteroatoms. The lowest BCUT2D eigenvalue weighted by Gasteiger charge is -2.25. The Bertz CT molecular complexity index is 850. The van der Waals surface area contributed by atoms with Gasteiger partial charge in [0.15, 0.2) is 0 Å². The van der Waals surface area contributed by atoms with Crippen LogP contribution in [0.5, 0.6) is 0 Å². The number of nitrogens with one attached hydrogen (secondary N) is 2. The molecule has 2 aromatic rings. The molecule has 1 aliphatic rings. The van der Waals surface area contributed by atoms with E-state index < -0.39 is 30.4 Å². The van der Waals surface area contributed by atoms with Gasteiger partial charge in [-0.05, 0) is 24.3 Å². The predicted octanol–water partition coefficient (Wildman–Crippen LogP) is 0.676. The number of aromatic nitrogens is 2. The molecule has 1 heterocycles. The predicted molar refractivity (Wildman–Crippen MR) is 108 cm³/mol. The summed E-state index contributed by atoms with van der Waals surface area (Å²) in [6.45, 7) is 3.86. The lowest BCUT2D eigenvalue weighted by molar-refractivity contribution is -0.124.